The monoisotopic (exact) mass is 796 g/mol. The van der Waals surface area contributed by atoms with Gasteiger partial charge in [0.05, 0.1) is 0 Å². The van der Waals surface area contributed by atoms with Gasteiger partial charge in [0, 0.05) is 32.4 Å². The molecule has 0 saturated heterocycles. The summed E-state index contributed by atoms with van der Waals surface area (Å²) in [7, 11) is 0. The molecule has 6 aromatic rings. The summed E-state index contributed by atoms with van der Waals surface area (Å²) in [5.41, 5.74) is 6.28. The van der Waals surface area contributed by atoms with E-state index in [0.717, 1.165) is 34.5 Å². The van der Waals surface area contributed by atoms with Crippen molar-refractivity contribution in [2.45, 2.75) is 50.4 Å². The topological polar surface area (TPSA) is 25.8 Å². The maximum Gasteiger partial charge on any atom is 0 e. The van der Waals surface area contributed by atoms with E-state index in [0.29, 0.717) is 0 Å². The maximum absolute atomic E-state index is 8.51. The first-order valence-corrected chi connectivity index (χ1v) is 22.0. The third-order valence-electron chi connectivity index (χ3n) is 7.24. The molecule has 3 aromatic heterocycles. The Hall–Kier alpha value is -2.63. The number of hydrogen-bond donors (Lipinski definition) is 0. The minimum Gasteiger partial charge on any atom is 0 e. The molecule has 41 heavy (non-hydrogen) atoms. The number of pyridine rings is 2. The molecule has 0 aliphatic rings. The van der Waals surface area contributed by atoms with Crippen LogP contribution in [0.2, 0.25) is 17.3 Å². The molecule has 0 N–H and O–H groups in total. The van der Waals surface area contributed by atoms with Crippen LogP contribution in [0, 0.1) is 19.1 Å². The molecule has 5 heteroatoms. The zero-order valence-electron chi connectivity index (χ0n) is 25.5. The fourth-order valence-corrected chi connectivity index (χ4v) is 7.99. The Morgan fingerprint density at radius 3 is 2.41 bits per heavy atom. The molecule has 0 aliphatic carbocycles. The van der Waals surface area contributed by atoms with Crippen molar-refractivity contribution < 1.29 is 21.5 Å². The van der Waals surface area contributed by atoms with Crippen LogP contribution in [-0.4, -0.2) is 23.2 Å². The van der Waals surface area contributed by atoms with Crippen LogP contribution in [0.5, 0.6) is 0 Å². The smallest absolute Gasteiger partial charge is 0 e. The van der Waals surface area contributed by atoms with Gasteiger partial charge in [-0.2, -0.15) is 11.3 Å². The summed E-state index contributed by atoms with van der Waals surface area (Å²) in [5, 5.41) is 2.55. The standard InChI is InChI=1S/C22H20NS.C14H16GeN.Ir/c1-4-15(3)16-10-11-23-20(13-16)18-7-5-6-17-19-12-14(2)8-9-21(19)24-22(17)18;1-15(2,3)13-9-10-14(16-11-13)12-7-5-4-6-8-12;/h5-6,8-13,15H,4H2,1-3H3;4-7,9-11H,1-3H3;/q2*-1;/i15D;;. The average molecular weight is 795 g/mol. The second kappa shape index (κ2) is 13.6. The van der Waals surface area contributed by atoms with Crippen molar-refractivity contribution in [2.75, 3.05) is 0 Å². The summed E-state index contributed by atoms with van der Waals surface area (Å²) in [6.45, 7) is 6.14. The Labute approximate surface area is 266 Å². The van der Waals surface area contributed by atoms with Gasteiger partial charge in [-0.3, -0.25) is 0 Å². The SMILES string of the molecule is [2H]C(C)(CC)c1ccnc(-c2[c-]ccc3c2sc2ccc(C)cc23)c1.[CH3][Ge]([CH3])([CH3])[c]1ccc(-c2[c-]cccc2)nc1.[Ir]. The van der Waals surface area contributed by atoms with Crippen LogP contribution in [0.1, 0.15) is 38.7 Å². The van der Waals surface area contributed by atoms with Crippen LogP contribution in [0.15, 0.2) is 91.3 Å². The molecule has 211 valence electrons. The zero-order chi connectivity index (χ0) is 29.2. The van der Waals surface area contributed by atoms with Gasteiger partial charge in [0.25, 0.3) is 0 Å². The summed E-state index contributed by atoms with van der Waals surface area (Å²) in [6.07, 6.45) is 4.62. The van der Waals surface area contributed by atoms with Crippen molar-refractivity contribution >= 4 is 49.2 Å². The molecule has 6 rings (SSSR count). The van der Waals surface area contributed by atoms with Crippen LogP contribution in [0.25, 0.3) is 42.7 Å². The van der Waals surface area contributed by atoms with Gasteiger partial charge in [-0.1, -0.05) is 48.6 Å². The summed E-state index contributed by atoms with van der Waals surface area (Å²) < 4.78 is 12.5. The maximum atomic E-state index is 8.51. The second-order valence-corrected chi connectivity index (χ2v) is 22.9. The van der Waals surface area contributed by atoms with E-state index in [1.165, 1.54) is 30.1 Å². The first kappa shape index (κ1) is 29.9. The van der Waals surface area contributed by atoms with Gasteiger partial charge in [-0.25, -0.2) is 0 Å². The van der Waals surface area contributed by atoms with Gasteiger partial charge in [0.1, 0.15) is 0 Å². The van der Waals surface area contributed by atoms with Crippen molar-refractivity contribution in [1.82, 2.24) is 9.97 Å². The normalized spacial score (nSPS) is 13.1. The van der Waals surface area contributed by atoms with Gasteiger partial charge in [0.15, 0.2) is 0 Å². The summed E-state index contributed by atoms with van der Waals surface area (Å²) in [6, 6.07) is 33.6. The molecule has 0 bridgehead atoms. The number of nitrogens with zero attached hydrogens (tertiary/aromatic N) is 2. The Balaban J connectivity index is 0.000000207. The van der Waals surface area contributed by atoms with Gasteiger partial charge in [0.2, 0.25) is 0 Å². The zero-order valence-corrected chi connectivity index (χ0v) is 29.8. The predicted octanol–water partition coefficient (Wildman–Crippen LogP) is 9.83. The molecule has 1 radical (unpaired) electrons. The van der Waals surface area contributed by atoms with E-state index in [-0.39, 0.29) is 20.1 Å². The van der Waals surface area contributed by atoms with E-state index in [9.17, 15) is 0 Å². The molecular formula is C36H36GeIrN2S-2. The molecule has 1 atom stereocenters. The van der Waals surface area contributed by atoms with Gasteiger partial charge in [-0.05, 0) is 47.2 Å². The predicted molar refractivity (Wildman–Crippen MR) is 176 cm³/mol. The molecular weight excluding hydrogens is 757 g/mol. The van der Waals surface area contributed by atoms with E-state index >= 15 is 0 Å². The summed E-state index contributed by atoms with van der Waals surface area (Å²) >= 11 is 0.0769. The van der Waals surface area contributed by atoms with Crippen LogP contribution in [-0.2, 0) is 20.1 Å². The molecule has 0 saturated carbocycles. The molecule has 0 amide bonds. The molecule has 0 aliphatic heterocycles. The Morgan fingerprint density at radius 1 is 0.902 bits per heavy atom. The van der Waals surface area contributed by atoms with E-state index in [2.05, 4.69) is 88.8 Å². The molecule has 3 aromatic carbocycles. The molecule has 1 unspecified atom stereocenters. The minimum atomic E-state index is -1.72. The fraction of sp³-hybridized carbons (Fsp3) is 0.222. The van der Waals surface area contributed by atoms with E-state index in [1.807, 2.05) is 62.6 Å². The third-order valence-corrected chi connectivity index (χ3v) is 12.7. The number of aryl methyl sites for hydroxylation is 1. The van der Waals surface area contributed by atoms with Crippen LogP contribution in [0.4, 0.5) is 0 Å². The summed E-state index contributed by atoms with van der Waals surface area (Å²) in [5.74, 6) is 6.55. The van der Waals surface area contributed by atoms with Crippen LogP contribution < -0.4 is 4.40 Å². The van der Waals surface area contributed by atoms with Crippen LogP contribution >= 0.6 is 11.3 Å². The first-order valence-electron chi connectivity index (χ1n) is 14.3. The number of fused-ring (bicyclic) bond motifs is 3. The van der Waals surface area contributed by atoms with E-state index in [4.69, 9.17) is 1.37 Å². The van der Waals surface area contributed by atoms with Crippen molar-refractivity contribution in [3.63, 3.8) is 0 Å². The quantitative estimate of drug-likeness (QED) is 0.128. The largest absolute Gasteiger partial charge is 0 e. The van der Waals surface area contributed by atoms with Crippen molar-refractivity contribution in [3.8, 4) is 22.5 Å². The van der Waals surface area contributed by atoms with Gasteiger partial charge >= 0.3 is 99.8 Å². The average Bonchev–Trinajstić information content (AvgIpc) is 3.35. The number of rotatable bonds is 5. The van der Waals surface area contributed by atoms with Gasteiger partial charge < -0.3 is 4.98 Å². The molecule has 3 heterocycles. The van der Waals surface area contributed by atoms with Crippen LogP contribution in [0.3, 0.4) is 0 Å². The minimum absolute atomic E-state index is 0. The van der Waals surface area contributed by atoms with E-state index in [1.54, 1.807) is 11.3 Å². The van der Waals surface area contributed by atoms with Crippen molar-refractivity contribution in [1.29, 1.82) is 0 Å². The summed E-state index contributed by atoms with van der Waals surface area (Å²) in [4.78, 5) is 9.12. The Bertz CT molecular complexity index is 1790. The fourth-order valence-electron chi connectivity index (χ4n) is 4.63. The van der Waals surface area contributed by atoms with Gasteiger partial charge in [-0.15, -0.1) is 23.8 Å². The third kappa shape index (κ3) is 7.24. The number of aromatic nitrogens is 2. The Kier molecular flexibility index (Phi) is 9.88. The molecule has 2 nitrogen and oxygen atoms in total. The number of hydrogen-bond acceptors (Lipinski definition) is 3. The van der Waals surface area contributed by atoms with Crippen molar-refractivity contribution in [2.24, 2.45) is 0 Å². The van der Waals surface area contributed by atoms with Crippen molar-refractivity contribution in [3.05, 3.63) is 115 Å². The molecule has 0 spiro atoms. The molecule has 0 fully saturated rings. The number of thiophene rings is 1. The number of benzene rings is 3. The second-order valence-electron chi connectivity index (χ2n) is 11.2. The van der Waals surface area contributed by atoms with E-state index < -0.39 is 19.2 Å². The Morgan fingerprint density at radius 2 is 1.73 bits per heavy atom. The first-order chi connectivity index (χ1) is 19.6.